The number of aryl methyl sites for hydroxylation is 1. The molecule has 1 aliphatic rings. The van der Waals surface area contributed by atoms with Gasteiger partial charge in [-0.1, -0.05) is 26.3 Å². The Balaban J connectivity index is 2.76. The predicted molar refractivity (Wildman–Crippen MR) is 100 cm³/mol. The zero-order chi connectivity index (χ0) is 20.1. The fourth-order valence-electron chi connectivity index (χ4n) is 3.62. The number of fused-ring (bicyclic) bond motifs is 1. The molecule has 2 rings (SSSR count). The second kappa shape index (κ2) is 8.84. The van der Waals surface area contributed by atoms with E-state index >= 15 is 0 Å². The molecular formula is C21H26O6. The summed E-state index contributed by atoms with van der Waals surface area (Å²) < 4.78 is 5.52. The average Bonchev–Trinajstić information content (AvgIpc) is 2.58. The van der Waals surface area contributed by atoms with Crippen molar-refractivity contribution in [2.24, 2.45) is 0 Å². The highest BCUT2D eigenvalue weighted by Crippen LogP contribution is 2.36. The van der Waals surface area contributed by atoms with Crippen LogP contribution in [-0.2, 0) is 22.4 Å². The third-order valence-corrected chi connectivity index (χ3v) is 4.93. The number of carboxylic acid groups (broad SMARTS) is 2. The van der Waals surface area contributed by atoms with Gasteiger partial charge >= 0.3 is 17.9 Å². The monoisotopic (exact) mass is 374 g/mol. The van der Waals surface area contributed by atoms with Gasteiger partial charge in [-0.3, -0.25) is 0 Å². The molecule has 0 saturated heterocycles. The van der Waals surface area contributed by atoms with Gasteiger partial charge in [-0.2, -0.15) is 0 Å². The lowest BCUT2D eigenvalue weighted by atomic mass is 9.82. The minimum Gasteiger partial charge on any atom is -0.478 e. The first-order valence-corrected chi connectivity index (χ1v) is 9.29. The number of ether oxygens (including phenoxy) is 1. The highest BCUT2D eigenvalue weighted by atomic mass is 16.5. The third kappa shape index (κ3) is 4.56. The second-order valence-corrected chi connectivity index (χ2v) is 6.96. The van der Waals surface area contributed by atoms with Gasteiger partial charge in [0.15, 0.2) is 0 Å². The van der Waals surface area contributed by atoms with Crippen molar-refractivity contribution < 1.29 is 29.3 Å². The topological polar surface area (TPSA) is 101 Å². The summed E-state index contributed by atoms with van der Waals surface area (Å²) in [7, 11) is 0. The summed E-state index contributed by atoms with van der Waals surface area (Å²) in [5, 5.41) is 19.4. The molecule has 2 N–H and O–H groups in total. The number of carboxylic acids is 2. The Morgan fingerprint density at radius 3 is 2.26 bits per heavy atom. The molecule has 146 valence electrons. The minimum absolute atomic E-state index is 0.211. The van der Waals surface area contributed by atoms with E-state index in [9.17, 15) is 24.6 Å². The van der Waals surface area contributed by atoms with Crippen LogP contribution in [0.5, 0.6) is 0 Å². The van der Waals surface area contributed by atoms with Crippen LogP contribution in [-0.4, -0.2) is 28.1 Å². The molecule has 0 heterocycles. The van der Waals surface area contributed by atoms with Crippen molar-refractivity contribution in [1.29, 1.82) is 0 Å². The van der Waals surface area contributed by atoms with Crippen LogP contribution in [0.3, 0.4) is 0 Å². The number of hydrogen-bond acceptors (Lipinski definition) is 4. The molecule has 1 unspecified atom stereocenters. The van der Waals surface area contributed by atoms with Crippen LogP contribution in [0.2, 0.25) is 0 Å². The van der Waals surface area contributed by atoms with Crippen molar-refractivity contribution in [3.63, 3.8) is 0 Å². The summed E-state index contributed by atoms with van der Waals surface area (Å²) in [4.78, 5) is 35.9. The number of hydrogen-bond donors (Lipinski definition) is 2. The summed E-state index contributed by atoms with van der Waals surface area (Å²) in [5.74, 6) is -3.23. The van der Waals surface area contributed by atoms with Crippen molar-refractivity contribution in [3.05, 3.63) is 46.0 Å². The van der Waals surface area contributed by atoms with Crippen molar-refractivity contribution in [2.75, 3.05) is 0 Å². The minimum atomic E-state index is -1.32. The molecule has 27 heavy (non-hydrogen) atoms. The van der Waals surface area contributed by atoms with Crippen LogP contribution in [0.4, 0.5) is 0 Å². The summed E-state index contributed by atoms with van der Waals surface area (Å²) in [5.41, 5.74) is 1.68. The quantitative estimate of drug-likeness (QED) is 0.568. The highest BCUT2D eigenvalue weighted by Gasteiger charge is 2.31. The molecule has 1 aliphatic carbocycles. The van der Waals surface area contributed by atoms with Crippen molar-refractivity contribution in [2.45, 2.75) is 64.9 Å². The molecule has 0 fully saturated rings. The molecule has 0 aromatic heterocycles. The maximum Gasteiger partial charge on any atom is 0.337 e. The van der Waals surface area contributed by atoms with E-state index in [-0.39, 0.29) is 16.7 Å². The first kappa shape index (κ1) is 20.7. The Labute approximate surface area is 158 Å². The summed E-state index contributed by atoms with van der Waals surface area (Å²) >= 11 is 0. The van der Waals surface area contributed by atoms with Crippen molar-refractivity contribution in [1.82, 2.24) is 0 Å². The highest BCUT2D eigenvalue weighted by molar-refractivity contribution is 6.03. The smallest absolute Gasteiger partial charge is 0.337 e. The molecule has 0 amide bonds. The molecule has 1 atom stereocenters. The summed E-state index contributed by atoms with van der Waals surface area (Å²) in [6.07, 6.45) is 4.74. The molecule has 0 saturated carbocycles. The van der Waals surface area contributed by atoms with Gasteiger partial charge in [0, 0.05) is 11.1 Å². The third-order valence-electron chi connectivity index (χ3n) is 4.93. The second-order valence-electron chi connectivity index (χ2n) is 6.96. The fraction of sp³-hybridized carbons (Fsp3) is 0.476. The Bertz CT molecular complexity index is 777. The lowest BCUT2D eigenvalue weighted by Crippen LogP contribution is -2.22. The van der Waals surface area contributed by atoms with Gasteiger partial charge in [0.05, 0.1) is 11.1 Å². The van der Waals surface area contributed by atoms with Gasteiger partial charge in [0.1, 0.15) is 6.10 Å². The number of benzene rings is 1. The molecular weight excluding hydrogens is 348 g/mol. The Morgan fingerprint density at radius 1 is 1.11 bits per heavy atom. The Morgan fingerprint density at radius 2 is 1.74 bits per heavy atom. The zero-order valence-electron chi connectivity index (χ0n) is 15.8. The zero-order valence-corrected chi connectivity index (χ0v) is 15.8. The lowest BCUT2D eigenvalue weighted by Gasteiger charge is -2.26. The van der Waals surface area contributed by atoms with Gasteiger partial charge in [-0.25, -0.2) is 14.4 Å². The average molecular weight is 374 g/mol. The standard InChI is InChI=1S/C21H26O6/c1-4-16(27-21(26)12(2)3)17-14-10-8-6-5-7-9-13(14)11-15(19(22)23)18(17)20(24)25/h11,16H,2,4-10H2,1,3H3,(H,22,23)(H,24,25). The van der Waals surface area contributed by atoms with E-state index in [2.05, 4.69) is 6.58 Å². The molecule has 6 heteroatoms. The molecule has 1 aromatic carbocycles. The van der Waals surface area contributed by atoms with Crippen LogP contribution >= 0.6 is 0 Å². The van der Waals surface area contributed by atoms with E-state index in [0.29, 0.717) is 24.8 Å². The normalized spacial score (nSPS) is 15.0. The van der Waals surface area contributed by atoms with E-state index < -0.39 is 24.0 Å². The van der Waals surface area contributed by atoms with Crippen LogP contribution in [0.15, 0.2) is 18.2 Å². The van der Waals surface area contributed by atoms with Crippen LogP contribution in [0.1, 0.15) is 89.5 Å². The van der Waals surface area contributed by atoms with Crippen LogP contribution < -0.4 is 0 Å². The first-order chi connectivity index (χ1) is 12.8. The van der Waals surface area contributed by atoms with Gasteiger partial charge in [-0.05, 0) is 56.2 Å². The number of aromatic carboxylic acids is 2. The predicted octanol–water partition coefficient (Wildman–Crippen LogP) is 4.31. The van der Waals surface area contributed by atoms with E-state index in [1.807, 2.05) is 0 Å². The van der Waals surface area contributed by atoms with Crippen molar-refractivity contribution in [3.8, 4) is 0 Å². The van der Waals surface area contributed by atoms with Gasteiger partial charge in [0.25, 0.3) is 0 Å². The first-order valence-electron chi connectivity index (χ1n) is 9.29. The lowest BCUT2D eigenvalue weighted by molar-refractivity contribution is -0.144. The Hall–Kier alpha value is -2.63. The number of carbonyl (C=O) groups is 3. The van der Waals surface area contributed by atoms with E-state index in [4.69, 9.17) is 4.74 Å². The molecule has 0 spiro atoms. The Kier molecular flexibility index (Phi) is 6.77. The number of esters is 1. The molecule has 0 radical (unpaired) electrons. The molecule has 0 aliphatic heterocycles. The summed E-state index contributed by atoms with van der Waals surface area (Å²) in [6, 6.07) is 1.49. The molecule has 0 bridgehead atoms. The number of carbonyl (C=O) groups excluding carboxylic acids is 1. The van der Waals surface area contributed by atoms with Gasteiger partial charge < -0.3 is 14.9 Å². The molecule has 1 aromatic rings. The summed E-state index contributed by atoms with van der Waals surface area (Å²) in [6.45, 7) is 6.87. The fourth-order valence-corrected chi connectivity index (χ4v) is 3.62. The van der Waals surface area contributed by atoms with Crippen LogP contribution in [0.25, 0.3) is 0 Å². The largest absolute Gasteiger partial charge is 0.478 e. The molecule has 6 nitrogen and oxygen atoms in total. The van der Waals surface area contributed by atoms with Crippen molar-refractivity contribution >= 4 is 17.9 Å². The maximum absolute atomic E-state index is 12.1. The number of rotatable bonds is 6. The van der Waals surface area contributed by atoms with E-state index in [1.165, 1.54) is 13.0 Å². The SMILES string of the molecule is C=C(C)C(=O)OC(CC)c1c2c(cc(C(=O)O)c1C(=O)O)CCCCCC2. The van der Waals surface area contributed by atoms with E-state index in [0.717, 1.165) is 36.8 Å². The maximum atomic E-state index is 12.1. The van der Waals surface area contributed by atoms with Gasteiger partial charge in [0.2, 0.25) is 0 Å². The van der Waals surface area contributed by atoms with E-state index in [1.54, 1.807) is 6.92 Å². The van der Waals surface area contributed by atoms with Gasteiger partial charge in [-0.15, -0.1) is 0 Å². The van der Waals surface area contributed by atoms with Crippen LogP contribution in [0, 0.1) is 0 Å².